The molecule has 25 aromatic rings. The zero-order chi connectivity index (χ0) is 82.7. The minimum absolute atomic E-state index is 0. The maximum absolute atomic E-state index is 9.96. The van der Waals surface area contributed by atoms with Gasteiger partial charge in [0.05, 0.1) is 63.7 Å². The standard InChI is InChI=1S/C60H37N9.C30H19N3.C15H10ClN3.CH3F.Na.H/c1-6-20-38(21-7-1)55-61-56(39-22-8-2-9-23-39)64-59(63-55)68-49-32-18-16-30-43(49)45-34-36-47-48-37-35-46-44-31-17-19-33-50(44)69(54(46)52(48)67(51(47)53(45)68)42-28-14-5-15-29-42)60-65-57(40-24-10-3-11-25-40)62-58(66-60)41-26-12-4-13-27-41;1-2-8-18(9-3-1)33-29-23(16-14-21-19-10-4-6-12-25(19)31-27(21)29)24-17-15-22-20-11-5-7-13-26(20)32-28(22)30(24)33;16-15-18-13(11-7-3-1-4-8-11)17-14(19-15)12-9-5-2-6-10-12;1-2;;/h1-37H;1-17,31-32H;1-10H;1H3;;/q;;;;+1;-1/i;;;1D;;. The molecule has 584 valence electrons. The number of aromatic nitrogens is 15. The summed E-state index contributed by atoms with van der Waals surface area (Å²) >= 11 is 5.99. The SMILES string of the molecule is Clc1nc(-c2ccccc2)nc(-c2ccccc2)n1.[2H]CF.[H-].[Na+].c1ccc(-c2nc(-c3ccccc3)nc(-n3c4ccccc4c4ccc5c6ccc7c8ccccc8n(-c8nc(-c9ccccc9)nc(-c9ccccc9)n8)c7c6n(-c6ccccc6)c5c43)n2)cc1.c1ccc(-n2c3c(ccc4c5ccccc5[nH]c43)c3ccc4c5ccccc5[nH]c4c32)cc1. The minimum atomic E-state index is -1.00. The Morgan fingerprint density at radius 1 is 0.242 bits per heavy atom. The van der Waals surface area contributed by atoms with E-state index in [2.05, 4.69) is 249 Å². The van der Waals surface area contributed by atoms with Crippen LogP contribution in [0.15, 0.2) is 388 Å². The van der Waals surface area contributed by atoms with Crippen molar-refractivity contribution < 1.29 is 36.7 Å². The van der Waals surface area contributed by atoms with Crippen LogP contribution in [-0.2, 0) is 0 Å². The van der Waals surface area contributed by atoms with Gasteiger partial charge in [-0.05, 0) is 60.1 Å². The Labute approximate surface area is 739 Å². The van der Waals surface area contributed by atoms with Crippen molar-refractivity contribution >= 4 is 142 Å². The Morgan fingerprint density at radius 2 is 0.468 bits per heavy atom. The largest absolute Gasteiger partial charge is 1.00 e. The molecule has 25 rings (SSSR count). The summed E-state index contributed by atoms with van der Waals surface area (Å²) in [6, 6.07) is 134. The van der Waals surface area contributed by atoms with Crippen LogP contribution in [0.3, 0.4) is 0 Å². The Bertz CT molecular complexity index is 7810. The molecule has 0 spiro atoms. The molecule has 9 aromatic heterocycles. The van der Waals surface area contributed by atoms with E-state index in [1.807, 2.05) is 182 Å². The molecule has 0 aliphatic carbocycles. The molecule has 0 unspecified atom stereocenters. The molecule has 0 aliphatic heterocycles. The molecular formula is C106H70ClFN15Na. The third-order valence-corrected chi connectivity index (χ3v) is 23.0. The van der Waals surface area contributed by atoms with Crippen LogP contribution in [0.4, 0.5) is 4.39 Å². The van der Waals surface area contributed by atoms with Gasteiger partial charge in [-0.3, -0.25) is 13.5 Å². The van der Waals surface area contributed by atoms with Crippen molar-refractivity contribution in [2.24, 2.45) is 0 Å². The number of nitrogens with one attached hydrogen (secondary N) is 2. The second-order valence-electron chi connectivity index (χ2n) is 29.9. The smallest absolute Gasteiger partial charge is 1.00 e. The van der Waals surface area contributed by atoms with Gasteiger partial charge in [-0.15, -0.1) is 0 Å². The summed E-state index contributed by atoms with van der Waals surface area (Å²) in [5, 5.41) is 14.2. The first-order valence-corrected chi connectivity index (χ1v) is 40.8. The minimum Gasteiger partial charge on any atom is -1.00 e. The summed E-state index contributed by atoms with van der Waals surface area (Å²) in [4.78, 5) is 51.8. The molecule has 0 radical (unpaired) electrons. The van der Waals surface area contributed by atoms with Crippen molar-refractivity contribution in [3.05, 3.63) is 394 Å². The second kappa shape index (κ2) is 32.3. The van der Waals surface area contributed by atoms with Crippen LogP contribution in [0.25, 0.3) is 222 Å². The first kappa shape index (κ1) is 74.8. The number of hydrogen-bond donors (Lipinski definition) is 2. The van der Waals surface area contributed by atoms with E-state index < -0.39 is 7.15 Å². The summed E-state index contributed by atoms with van der Waals surface area (Å²) in [5.74, 6) is 4.59. The zero-order valence-electron chi connectivity index (χ0n) is 68.7. The van der Waals surface area contributed by atoms with Gasteiger partial charge in [0.25, 0.3) is 0 Å². The Morgan fingerprint density at radius 3 is 0.782 bits per heavy atom. The average Bonchev–Trinajstić information content (AvgIpc) is 1.53. The van der Waals surface area contributed by atoms with E-state index >= 15 is 0 Å². The Hall–Kier alpha value is -15.4. The number of rotatable bonds is 10. The number of H-pyrrole nitrogens is 2. The third kappa shape index (κ3) is 13.1. The number of para-hydroxylation sites is 6. The molecule has 16 aromatic carbocycles. The van der Waals surface area contributed by atoms with Gasteiger partial charge < -0.3 is 20.5 Å². The zero-order valence-corrected chi connectivity index (χ0v) is 69.5. The first-order chi connectivity index (χ1) is 61.4. The van der Waals surface area contributed by atoms with Crippen LogP contribution in [-0.4, -0.2) is 80.2 Å². The van der Waals surface area contributed by atoms with Gasteiger partial charge in [-0.25, -0.2) is 15.0 Å². The molecular weight excluding hydrogens is 1560 g/mol. The van der Waals surface area contributed by atoms with E-state index in [9.17, 15) is 4.39 Å². The molecule has 0 atom stereocenters. The predicted molar refractivity (Wildman–Crippen MR) is 501 cm³/mol. The molecule has 15 nitrogen and oxygen atoms in total. The fourth-order valence-electron chi connectivity index (χ4n) is 17.6. The van der Waals surface area contributed by atoms with Gasteiger partial charge in [-0.2, -0.15) is 29.9 Å². The van der Waals surface area contributed by atoms with Crippen molar-refractivity contribution in [3.63, 3.8) is 0 Å². The van der Waals surface area contributed by atoms with Crippen LogP contribution in [0, 0.1) is 0 Å². The van der Waals surface area contributed by atoms with Gasteiger partial charge in [-0.1, -0.05) is 340 Å². The molecule has 0 aliphatic rings. The van der Waals surface area contributed by atoms with Gasteiger partial charge in [0.2, 0.25) is 17.2 Å². The van der Waals surface area contributed by atoms with Crippen molar-refractivity contribution in [3.8, 4) is 91.6 Å². The molecule has 124 heavy (non-hydrogen) atoms. The summed E-state index contributed by atoms with van der Waals surface area (Å²) in [6.07, 6.45) is 0. The second-order valence-corrected chi connectivity index (χ2v) is 30.2. The van der Waals surface area contributed by atoms with Crippen molar-refractivity contribution in [2.75, 3.05) is 7.15 Å². The van der Waals surface area contributed by atoms with Crippen molar-refractivity contribution in [1.29, 1.82) is 0 Å². The topological polar surface area (TPSA) is 167 Å². The van der Waals surface area contributed by atoms with E-state index in [-0.39, 0.29) is 36.3 Å². The maximum atomic E-state index is 9.96. The number of fused-ring (bicyclic) bond motifs is 22. The van der Waals surface area contributed by atoms with Gasteiger partial charge in [0, 0.05) is 120 Å². The van der Waals surface area contributed by atoms with Crippen molar-refractivity contribution in [2.45, 2.75) is 0 Å². The van der Waals surface area contributed by atoms with Crippen LogP contribution >= 0.6 is 11.6 Å². The van der Waals surface area contributed by atoms with E-state index in [4.69, 9.17) is 42.9 Å². The van der Waals surface area contributed by atoms with Crippen LogP contribution in [0.5, 0.6) is 0 Å². The van der Waals surface area contributed by atoms with E-state index in [1.54, 1.807) is 0 Å². The quantitative estimate of drug-likeness (QED) is 0.127. The van der Waals surface area contributed by atoms with Crippen LogP contribution in [0.1, 0.15) is 2.80 Å². The fraction of sp³-hybridized carbons (Fsp3) is 0.00943. The molecule has 0 bridgehead atoms. The van der Waals surface area contributed by atoms with Gasteiger partial charge >= 0.3 is 29.6 Å². The van der Waals surface area contributed by atoms with Crippen molar-refractivity contribution in [1.82, 2.24) is 73.1 Å². The monoisotopic (exact) mass is 1630 g/mol. The molecule has 9 heterocycles. The summed E-state index contributed by atoms with van der Waals surface area (Å²) < 4.78 is 24.8. The van der Waals surface area contributed by atoms with E-state index in [1.165, 1.54) is 65.4 Å². The summed E-state index contributed by atoms with van der Waals surface area (Å²) in [7, 11) is -1.00. The molecule has 0 saturated heterocycles. The summed E-state index contributed by atoms with van der Waals surface area (Å²) in [6.45, 7) is 0. The molecule has 0 amide bonds. The molecule has 18 heteroatoms. The van der Waals surface area contributed by atoms with E-state index in [0.29, 0.717) is 46.8 Å². The van der Waals surface area contributed by atoms with Crippen LogP contribution < -0.4 is 29.6 Å². The third-order valence-electron chi connectivity index (χ3n) is 22.9. The molecule has 0 fully saturated rings. The van der Waals surface area contributed by atoms with Gasteiger partial charge in [0.1, 0.15) is 0 Å². The number of benzene rings is 16. The number of alkyl halides is 1. The molecule has 2 N–H and O–H groups in total. The Kier molecular flexibility index (Phi) is 19.5. The van der Waals surface area contributed by atoms with E-state index in [0.717, 1.165) is 110 Å². The van der Waals surface area contributed by atoms with Gasteiger partial charge in [0.15, 0.2) is 34.9 Å². The molecule has 0 saturated carbocycles. The van der Waals surface area contributed by atoms with Crippen LogP contribution in [0.2, 0.25) is 5.28 Å². The number of nitrogens with zero attached hydrogens (tertiary/aromatic N) is 13. The average molecular weight is 1630 g/mol. The fourth-order valence-corrected chi connectivity index (χ4v) is 17.7. The normalized spacial score (nSPS) is 11.5. The summed E-state index contributed by atoms with van der Waals surface area (Å²) in [5.41, 5.74) is 20.7. The first-order valence-electron chi connectivity index (χ1n) is 41.1. The number of hydrogen-bond acceptors (Lipinski definition) is 9. The predicted octanol–water partition coefficient (Wildman–Crippen LogP) is 23.6. The number of aromatic amines is 2. The number of halogens is 2. The maximum Gasteiger partial charge on any atom is 1.00 e. The Balaban J connectivity index is 0.000000144.